The van der Waals surface area contributed by atoms with Crippen LogP contribution in [0.1, 0.15) is 43.4 Å². The van der Waals surface area contributed by atoms with Crippen LogP contribution in [0.4, 0.5) is 13.2 Å². The molecule has 30 heavy (non-hydrogen) atoms. The highest BCUT2D eigenvalue weighted by atomic mass is 35.5. The molecule has 0 N–H and O–H groups in total. The minimum Gasteiger partial charge on any atom is -0.466 e. The summed E-state index contributed by atoms with van der Waals surface area (Å²) in [6, 6.07) is 0. The van der Waals surface area contributed by atoms with Crippen molar-refractivity contribution in [3.63, 3.8) is 0 Å². The molecular formula is C20H21ClF3N3O3. The summed E-state index contributed by atoms with van der Waals surface area (Å²) >= 11 is 5.95. The van der Waals surface area contributed by atoms with E-state index >= 15 is 0 Å². The van der Waals surface area contributed by atoms with Gasteiger partial charge in [0.05, 0.1) is 18.7 Å². The number of carbonyl (C=O) groups is 1. The number of ether oxygens (including phenoxy) is 1. The van der Waals surface area contributed by atoms with E-state index in [1.54, 1.807) is 19.2 Å². The van der Waals surface area contributed by atoms with Gasteiger partial charge in [0, 0.05) is 41.9 Å². The van der Waals surface area contributed by atoms with Gasteiger partial charge in [-0.25, -0.2) is 4.98 Å². The standard InChI is InChI=1S/C20H21ClF3N3O3/c1-2-30-17(28)10-14-11-26(9-3-8-20(22,23)24)19-25-16(12-27(19)18(14)29)13-4-6-15(21)7-5-13/h4,6-7,11-13H,2-3,5,8-10H2,1H3. The monoisotopic (exact) mass is 443 g/mol. The SMILES string of the molecule is CCOC(=O)Cc1cn(CCCC(F)(F)F)c2nc(C3C=CC(Cl)=CC3)cn2c1=O. The van der Waals surface area contributed by atoms with E-state index in [9.17, 15) is 22.8 Å². The number of nitrogens with zero attached hydrogens (tertiary/aromatic N) is 3. The lowest BCUT2D eigenvalue weighted by Gasteiger charge is -2.12. The van der Waals surface area contributed by atoms with Crippen LogP contribution in [0.2, 0.25) is 0 Å². The molecule has 0 spiro atoms. The molecule has 3 rings (SSSR count). The van der Waals surface area contributed by atoms with Gasteiger partial charge in [-0.05, 0) is 25.8 Å². The molecule has 162 valence electrons. The summed E-state index contributed by atoms with van der Waals surface area (Å²) in [5, 5.41) is 0.610. The third kappa shape index (κ3) is 5.33. The molecule has 0 amide bonds. The summed E-state index contributed by atoms with van der Waals surface area (Å²) in [5.74, 6) is -0.450. The summed E-state index contributed by atoms with van der Waals surface area (Å²) in [6.45, 7) is 1.82. The fourth-order valence-electron chi connectivity index (χ4n) is 3.29. The van der Waals surface area contributed by atoms with Crippen molar-refractivity contribution in [3.8, 4) is 0 Å². The lowest BCUT2D eigenvalue weighted by molar-refractivity contribution is -0.142. The Morgan fingerprint density at radius 3 is 2.77 bits per heavy atom. The van der Waals surface area contributed by atoms with Crippen molar-refractivity contribution >= 4 is 23.3 Å². The van der Waals surface area contributed by atoms with Crippen LogP contribution in [-0.2, 0) is 22.5 Å². The normalized spacial score (nSPS) is 16.7. The summed E-state index contributed by atoms with van der Waals surface area (Å²) in [7, 11) is 0. The number of fused-ring (bicyclic) bond motifs is 1. The molecule has 2 aromatic rings. The Hall–Kier alpha value is -2.55. The maximum Gasteiger partial charge on any atom is 0.389 e. The number of hydrogen-bond acceptors (Lipinski definition) is 4. The molecule has 1 aliphatic carbocycles. The van der Waals surface area contributed by atoms with E-state index in [1.165, 1.54) is 15.2 Å². The molecule has 1 atom stereocenters. The summed E-state index contributed by atoms with van der Waals surface area (Å²) in [5.41, 5.74) is 0.290. The van der Waals surface area contributed by atoms with Crippen LogP contribution in [0.3, 0.4) is 0 Å². The Morgan fingerprint density at radius 1 is 1.37 bits per heavy atom. The van der Waals surface area contributed by atoms with Gasteiger partial charge in [-0.3, -0.25) is 14.0 Å². The van der Waals surface area contributed by atoms with Crippen LogP contribution in [-0.4, -0.2) is 32.7 Å². The first kappa shape index (κ1) is 22.1. The molecule has 0 saturated carbocycles. The van der Waals surface area contributed by atoms with Crippen molar-refractivity contribution in [2.24, 2.45) is 0 Å². The molecule has 1 unspecified atom stereocenters. The van der Waals surface area contributed by atoms with Crippen molar-refractivity contribution in [1.29, 1.82) is 0 Å². The number of aromatic nitrogens is 3. The summed E-state index contributed by atoms with van der Waals surface area (Å²) in [4.78, 5) is 29.2. The van der Waals surface area contributed by atoms with Crippen LogP contribution in [0, 0.1) is 0 Å². The second-order valence-corrected chi connectivity index (χ2v) is 7.42. The summed E-state index contributed by atoms with van der Waals surface area (Å²) < 4.78 is 45.4. The van der Waals surface area contributed by atoms with E-state index in [0.717, 1.165) is 0 Å². The molecule has 6 nitrogen and oxygen atoms in total. The van der Waals surface area contributed by atoms with Gasteiger partial charge in [-0.15, -0.1) is 0 Å². The Kier molecular flexibility index (Phi) is 6.70. The first-order chi connectivity index (χ1) is 14.2. The molecule has 2 aromatic heterocycles. The average molecular weight is 444 g/mol. The van der Waals surface area contributed by atoms with E-state index in [4.69, 9.17) is 16.3 Å². The Morgan fingerprint density at radius 2 is 2.13 bits per heavy atom. The highest BCUT2D eigenvalue weighted by molar-refractivity contribution is 6.31. The average Bonchev–Trinajstić information content (AvgIpc) is 3.11. The van der Waals surface area contributed by atoms with Gasteiger partial charge in [0.15, 0.2) is 0 Å². The Labute approximate surface area is 175 Å². The molecule has 2 heterocycles. The first-order valence-electron chi connectivity index (χ1n) is 9.55. The van der Waals surface area contributed by atoms with E-state index < -0.39 is 24.1 Å². The van der Waals surface area contributed by atoms with Crippen molar-refractivity contribution in [2.75, 3.05) is 6.61 Å². The zero-order chi connectivity index (χ0) is 21.9. The van der Waals surface area contributed by atoms with Gasteiger partial charge < -0.3 is 9.30 Å². The Balaban J connectivity index is 1.99. The third-order valence-electron chi connectivity index (χ3n) is 4.70. The number of esters is 1. The first-order valence-corrected chi connectivity index (χ1v) is 9.93. The molecule has 0 aromatic carbocycles. The smallest absolute Gasteiger partial charge is 0.389 e. The topological polar surface area (TPSA) is 65.6 Å². The van der Waals surface area contributed by atoms with Crippen LogP contribution >= 0.6 is 11.6 Å². The van der Waals surface area contributed by atoms with E-state index in [2.05, 4.69) is 4.98 Å². The van der Waals surface area contributed by atoms with Crippen LogP contribution < -0.4 is 5.56 Å². The molecule has 0 radical (unpaired) electrons. The van der Waals surface area contributed by atoms with Crippen molar-refractivity contribution in [2.45, 2.75) is 51.2 Å². The zero-order valence-corrected chi connectivity index (χ0v) is 17.0. The van der Waals surface area contributed by atoms with Crippen LogP contribution in [0.15, 0.2) is 40.4 Å². The van der Waals surface area contributed by atoms with Gasteiger partial charge in [0.2, 0.25) is 5.78 Å². The maximum absolute atomic E-state index is 12.9. The minimum atomic E-state index is -4.28. The van der Waals surface area contributed by atoms with Crippen molar-refractivity contribution in [1.82, 2.24) is 14.0 Å². The van der Waals surface area contributed by atoms with E-state index in [1.807, 2.05) is 12.2 Å². The van der Waals surface area contributed by atoms with Gasteiger partial charge >= 0.3 is 12.1 Å². The molecule has 10 heteroatoms. The number of imidazole rings is 1. The lowest BCUT2D eigenvalue weighted by Crippen LogP contribution is -2.24. The van der Waals surface area contributed by atoms with E-state index in [0.29, 0.717) is 17.1 Å². The molecule has 0 aliphatic heterocycles. The molecule has 1 aliphatic rings. The predicted molar refractivity (Wildman–Crippen MR) is 106 cm³/mol. The maximum atomic E-state index is 12.9. The van der Waals surface area contributed by atoms with Crippen LogP contribution in [0.25, 0.3) is 5.78 Å². The largest absolute Gasteiger partial charge is 0.466 e. The fourth-order valence-corrected chi connectivity index (χ4v) is 3.45. The number of halogens is 4. The number of carbonyl (C=O) groups excluding carboxylic acids is 1. The van der Waals surface area contributed by atoms with Gasteiger partial charge in [0.1, 0.15) is 0 Å². The number of allylic oxidation sites excluding steroid dienone is 4. The highest BCUT2D eigenvalue weighted by Crippen LogP contribution is 2.27. The minimum absolute atomic E-state index is 0.00179. The number of alkyl halides is 3. The molecule has 0 fully saturated rings. The number of aryl methyl sites for hydroxylation is 1. The second kappa shape index (κ2) is 9.07. The van der Waals surface area contributed by atoms with Gasteiger partial charge in [0.25, 0.3) is 5.56 Å². The molecular weight excluding hydrogens is 423 g/mol. The predicted octanol–water partition coefficient (Wildman–Crippen LogP) is 4.11. The van der Waals surface area contributed by atoms with E-state index in [-0.39, 0.29) is 43.3 Å². The van der Waals surface area contributed by atoms with Crippen LogP contribution in [0.5, 0.6) is 0 Å². The summed E-state index contributed by atoms with van der Waals surface area (Å²) in [6.07, 6.45) is 3.31. The molecule has 0 bridgehead atoms. The van der Waals surface area contributed by atoms with Crippen molar-refractivity contribution < 1.29 is 22.7 Å². The third-order valence-corrected chi connectivity index (χ3v) is 4.98. The fraction of sp³-hybridized carbons (Fsp3) is 0.450. The number of rotatable bonds is 7. The lowest BCUT2D eigenvalue weighted by atomic mass is 9.98. The Bertz CT molecular complexity index is 1050. The van der Waals surface area contributed by atoms with Gasteiger partial charge in [-0.1, -0.05) is 23.8 Å². The quantitative estimate of drug-likeness (QED) is 0.604. The van der Waals surface area contributed by atoms with Gasteiger partial charge in [-0.2, -0.15) is 13.2 Å². The second-order valence-electron chi connectivity index (χ2n) is 6.98. The zero-order valence-electron chi connectivity index (χ0n) is 16.3. The highest BCUT2D eigenvalue weighted by Gasteiger charge is 2.26. The van der Waals surface area contributed by atoms with Crippen molar-refractivity contribution in [3.05, 3.63) is 57.3 Å². The molecule has 0 saturated heterocycles. The number of hydrogen-bond donors (Lipinski definition) is 0.